The van der Waals surface area contributed by atoms with E-state index in [2.05, 4.69) is 324 Å². The molecule has 0 saturated heterocycles. The van der Waals surface area contributed by atoms with Gasteiger partial charge in [-0.05, 0) is 267 Å². The predicted molar refractivity (Wildman–Crippen MR) is 434 cm³/mol. The number of furan rings is 2. The Kier molecular flexibility index (Phi) is 12.8. The van der Waals surface area contributed by atoms with Gasteiger partial charge in [0.15, 0.2) is 0 Å². The topological polar surface area (TPSA) is 32.8 Å². The summed E-state index contributed by atoms with van der Waals surface area (Å²) in [5, 5.41) is 4.60. The number of anilines is 6. The van der Waals surface area contributed by atoms with Crippen molar-refractivity contribution in [2.24, 2.45) is 0 Å². The molecule has 0 N–H and O–H groups in total. The molecule has 4 aliphatic heterocycles. The normalized spacial score (nSPS) is 17.7. The molecule has 4 nitrogen and oxygen atoms in total. The van der Waals surface area contributed by atoms with E-state index in [1.54, 1.807) is 0 Å². The highest BCUT2D eigenvalue weighted by Crippen LogP contribution is 2.55. The molecule has 102 heavy (non-hydrogen) atoms. The highest BCUT2D eigenvalue weighted by molar-refractivity contribution is 7.02. The minimum absolute atomic E-state index is 0.0170. The number of nitrogens with zero attached hydrogens (tertiary/aromatic N) is 2. The Balaban J connectivity index is 0.708. The maximum Gasteiger partial charge on any atom is 0.248 e. The maximum absolute atomic E-state index is 7.18. The van der Waals surface area contributed by atoms with Crippen molar-refractivity contribution in [2.75, 3.05) is 9.80 Å². The zero-order chi connectivity index (χ0) is 69.6. The molecule has 0 saturated carbocycles. The number of hydrogen-bond acceptors (Lipinski definition) is 4. The van der Waals surface area contributed by atoms with E-state index in [0.29, 0.717) is 0 Å². The first-order valence-electron chi connectivity index (χ1n) is 37.5. The molecule has 20 rings (SSSR count). The van der Waals surface area contributed by atoms with Gasteiger partial charge in [-0.25, -0.2) is 0 Å². The zero-order valence-electron chi connectivity index (χ0n) is 61.3. The third-order valence-electron chi connectivity index (χ3n) is 25.6. The Bertz CT molecular complexity index is 6000. The van der Waals surface area contributed by atoms with Gasteiger partial charge in [-0.2, -0.15) is 0 Å². The molecule has 14 aromatic rings. The summed E-state index contributed by atoms with van der Waals surface area (Å²) < 4.78 is 13.8. The van der Waals surface area contributed by atoms with Crippen LogP contribution >= 0.6 is 0 Å². The molecule has 498 valence electrons. The largest absolute Gasteiger partial charge is 0.456 e. The summed E-state index contributed by atoms with van der Waals surface area (Å²) in [6.07, 6.45) is 5.38. The molecule has 1 atom stereocenters. The van der Waals surface area contributed by atoms with Crippen molar-refractivity contribution in [3.63, 3.8) is 0 Å². The summed E-state index contributed by atoms with van der Waals surface area (Å²) in [5.74, 6) is 0. The molecule has 0 radical (unpaired) electrons. The average Bonchev–Trinajstić information content (AvgIpc) is 1.46. The van der Waals surface area contributed by atoms with Crippen LogP contribution in [0.25, 0.3) is 88.4 Å². The summed E-state index contributed by atoms with van der Waals surface area (Å²) in [6, 6.07) is 87.3. The molecule has 1 unspecified atom stereocenters. The van der Waals surface area contributed by atoms with Crippen LogP contribution in [-0.2, 0) is 38.9 Å². The molecule has 12 aromatic carbocycles. The van der Waals surface area contributed by atoms with Crippen molar-refractivity contribution in [1.82, 2.24) is 0 Å². The summed E-state index contributed by atoms with van der Waals surface area (Å²) in [7, 11) is 0. The van der Waals surface area contributed by atoms with E-state index in [9.17, 15) is 0 Å². The van der Waals surface area contributed by atoms with Crippen LogP contribution in [-0.4, -0.2) is 13.4 Å². The number of fused-ring (bicyclic) bond motifs is 18. The van der Waals surface area contributed by atoms with Gasteiger partial charge in [-0.15, -0.1) is 0 Å². The average molecular weight is 1320 g/mol. The van der Waals surface area contributed by atoms with Gasteiger partial charge in [0.05, 0.1) is 0 Å². The SMILES string of the molecule is CC(C)(C)c1cccc(N2c3cc(C(C)(C)C)ccc3B3c4ccccc4-c4cc(-c5ccc6c(c5)oc5cc(CC7(C)CCC(C)(C)c8cc9c(cc87)B7c8ccccc8-c8cc(-c%10ccc%11c(c%10)oc%10ccccc%10%11)cc(c87)N9c7ccc8c(c7)C(C)(C)CCC8(C)C)ccc56)cc2c43)c1. The van der Waals surface area contributed by atoms with Crippen LogP contribution in [0.2, 0.25) is 0 Å². The molecule has 6 aliphatic rings. The second-order valence-electron chi connectivity index (χ2n) is 35.5. The van der Waals surface area contributed by atoms with Crippen molar-refractivity contribution in [2.45, 2.75) is 155 Å². The zero-order valence-corrected chi connectivity index (χ0v) is 61.3. The van der Waals surface area contributed by atoms with Crippen molar-refractivity contribution < 1.29 is 8.83 Å². The second-order valence-corrected chi connectivity index (χ2v) is 35.5. The molecule has 2 aromatic heterocycles. The standard InChI is InChI=1S/C96H86B2N2O2/c1-91(2,3)61-21-20-22-63(50-61)99-81-51-62(92(4,5)6)32-38-79(81)97-77-26-17-14-23-65(77)71-44-59(46-83(99)89(71)97)58-31-36-70-68-34-29-56(43-86(68)102-88(70)49-58)55-96(13)42-41-95(11,12)75-54-82-80(53-76(75)96)98-78-27-18-15-24-66(78)72-45-60(57-30-35-69-67-25-16-19-28-85(67)101-87(69)48-57)47-84(90(72)98)100(82)64-33-37-73-74(52-64)94(9,10)40-39-93(73,7)8/h14-38,43-54H,39-42,55H2,1-13H3. The molecule has 0 fully saturated rings. The van der Waals surface area contributed by atoms with Crippen LogP contribution in [0.4, 0.5) is 34.1 Å². The lowest BCUT2D eigenvalue weighted by atomic mass is 9.36. The van der Waals surface area contributed by atoms with Crippen molar-refractivity contribution >= 4 is 124 Å². The second kappa shape index (κ2) is 21.1. The monoisotopic (exact) mass is 1320 g/mol. The van der Waals surface area contributed by atoms with Gasteiger partial charge in [0.2, 0.25) is 13.4 Å². The van der Waals surface area contributed by atoms with Gasteiger partial charge in [0.25, 0.3) is 0 Å². The minimum Gasteiger partial charge on any atom is -0.456 e. The van der Waals surface area contributed by atoms with Crippen molar-refractivity contribution in [3.8, 4) is 44.5 Å². The molecule has 0 bridgehead atoms. The lowest BCUT2D eigenvalue weighted by Crippen LogP contribution is -2.55. The van der Waals surface area contributed by atoms with Gasteiger partial charge in [-0.1, -0.05) is 228 Å². The van der Waals surface area contributed by atoms with E-state index in [1.807, 2.05) is 0 Å². The first-order chi connectivity index (χ1) is 48.9. The third-order valence-corrected chi connectivity index (χ3v) is 25.6. The Labute approximate surface area is 601 Å². The third kappa shape index (κ3) is 9.02. The Morgan fingerprint density at radius 1 is 0.333 bits per heavy atom. The first kappa shape index (κ1) is 61.8. The summed E-state index contributed by atoms with van der Waals surface area (Å²) in [6.45, 7) is 31.6. The minimum atomic E-state index is -0.165. The highest BCUT2D eigenvalue weighted by atomic mass is 16.3. The Morgan fingerprint density at radius 2 is 0.843 bits per heavy atom. The number of para-hydroxylation sites is 1. The van der Waals surface area contributed by atoms with Gasteiger partial charge >= 0.3 is 0 Å². The fourth-order valence-electron chi connectivity index (χ4n) is 19.7. The molecule has 0 amide bonds. The fourth-order valence-corrected chi connectivity index (χ4v) is 19.7. The van der Waals surface area contributed by atoms with Crippen LogP contribution in [0, 0.1) is 0 Å². The van der Waals surface area contributed by atoms with Gasteiger partial charge in [-0.3, -0.25) is 0 Å². The smallest absolute Gasteiger partial charge is 0.248 e. The first-order valence-corrected chi connectivity index (χ1v) is 37.5. The lowest BCUT2D eigenvalue weighted by Gasteiger charge is -2.47. The van der Waals surface area contributed by atoms with E-state index in [0.717, 1.165) is 80.7 Å². The van der Waals surface area contributed by atoms with Crippen LogP contribution in [0.15, 0.2) is 233 Å². The Morgan fingerprint density at radius 3 is 1.48 bits per heavy atom. The number of hydrogen-bond donors (Lipinski definition) is 0. The summed E-state index contributed by atoms with van der Waals surface area (Å²) in [5.41, 5.74) is 39.1. The van der Waals surface area contributed by atoms with Crippen LogP contribution in [0.3, 0.4) is 0 Å². The van der Waals surface area contributed by atoms with Gasteiger partial charge < -0.3 is 18.6 Å². The fraction of sp³-hybridized carbons (Fsp3) is 0.250. The molecular weight excluding hydrogens is 1230 g/mol. The molecule has 2 aliphatic carbocycles. The molecule has 0 spiro atoms. The van der Waals surface area contributed by atoms with E-state index < -0.39 is 0 Å². The van der Waals surface area contributed by atoms with Crippen LogP contribution in [0.5, 0.6) is 0 Å². The molecule has 6 heterocycles. The van der Waals surface area contributed by atoms with Crippen molar-refractivity contribution in [1.29, 1.82) is 0 Å². The van der Waals surface area contributed by atoms with E-state index in [1.165, 1.54) is 146 Å². The van der Waals surface area contributed by atoms with E-state index in [-0.39, 0.29) is 45.9 Å². The number of rotatable bonds is 6. The molecule has 6 heteroatoms. The van der Waals surface area contributed by atoms with E-state index in [4.69, 9.17) is 8.83 Å². The maximum atomic E-state index is 7.18. The lowest BCUT2D eigenvalue weighted by molar-refractivity contribution is 0.310. The quantitative estimate of drug-likeness (QED) is 0.155. The Hall–Kier alpha value is -10.0. The highest BCUT2D eigenvalue weighted by Gasteiger charge is 2.49. The number of benzene rings is 12. The van der Waals surface area contributed by atoms with Gasteiger partial charge in [0, 0.05) is 55.7 Å². The van der Waals surface area contributed by atoms with Crippen molar-refractivity contribution in [3.05, 3.63) is 263 Å². The van der Waals surface area contributed by atoms with E-state index >= 15 is 0 Å². The van der Waals surface area contributed by atoms with Gasteiger partial charge in [0.1, 0.15) is 22.3 Å². The van der Waals surface area contributed by atoms with Crippen LogP contribution < -0.4 is 42.6 Å². The summed E-state index contributed by atoms with van der Waals surface area (Å²) in [4.78, 5) is 5.28. The predicted octanol–water partition coefficient (Wildman–Crippen LogP) is 21.9. The van der Waals surface area contributed by atoms with Crippen LogP contribution in [0.1, 0.15) is 155 Å². The molecular formula is C96H86B2N2O2. The summed E-state index contributed by atoms with van der Waals surface area (Å²) >= 11 is 0.